The van der Waals surface area contributed by atoms with Crippen molar-refractivity contribution in [3.63, 3.8) is 0 Å². The Balaban J connectivity index is 2.18. The second-order valence-corrected chi connectivity index (χ2v) is 7.46. The van der Waals surface area contributed by atoms with Gasteiger partial charge in [-0.15, -0.1) is 0 Å². The molecule has 1 amide bonds. The number of amides is 1. The predicted octanol–water partition coefficient (Wildman–Crippen LogP) is 0.956. The van der Waals surface area contributed by atoms with E-state index in [4.69, 9.17) is 4.74 Å². The molecule has 9 nitrogen and oxygen atoms in total. The van der Waals surface area contributed by atoms with E-state index >= 15 is 0 Å². The van der Waals surface area contributed by atoms with E-state index in [9.17, 15) is 26.4 Å². The smallest absolute Gasteiger partial charge is 0.376 e. The van der Waals surface area contributed by atoms with Crippen molar-refractivity contribution in [1.82, 2.24) is 20.2 Å². The molecule has 2 aromatic rings. The van der Waals surface area contributed by atoms with E-state index in [0.717, 1.165) is 17.9 Å². The van der Waals surface area contributed by atoms with Crippen LogP contribution in [0.4, 0.5) is 19.1 Å². The summed E-state index contributed by atoms with van der Waals surface area (Å²) in [7, 11) is -1.68. The minimum absolute atomic E-state index is 0.0570. The number of carbonyl (C=O) groups excluding carboxylic acids is 1. The number of hydrogen-bond acceptors (Lipinski definition) is 7. The third-order valence-corrected chi connectivity index (χ3v) is 5.68. The van der Waals surface area contributed by atoms with Gasteiger partial charge in [-0.3, -0.25) is 10.1 Å². The van der Waals surface area contributed by atoms with E-state index in [0.29, 0.717) is 6.07 Å². The van der Waals surface area contributed by atoms with Gasteiger partial charge < -0.3 is 4.74 Å². The predicted molar refractivity (Wildman–Crippen MR) is 80.0 cm³/mol. The molecule has 1 aromatic carbocycles. The van der Waals surface area contributed by atoms with Crippen molar-refractivity contribution in [2.24, 2.45) is 7.05 Å². The molecule has 13 heteroatoms. The number of hydrogen-bond donors (Lipinski definition) is 1. The molecule has 0 bridgehead atoms. The maximum atomic E-state index is 13.3. The van der Waals surface area contributed by atoms with Crippen LogP contribution >= 0.6 is 0 Å². The van der Waals surface area contributed by atoms with Gasteiger partial charge in [0.05, 0.1) is 22.3 Å². The summed E-state index contributed by atoms with van der Waals surface area (Å²) in [4.78, 5) is 11.6. The van der Waals surface area contributed by atoms with Gasteiger partial charge in [0.25, 0.3) is 5.91 Å². The summed E-state index contributed by atoms with van der Waals surface area (Å²) < 4.78 is 70.5. The van der Waals surface area contributed by atoms with Crippen molar-refractivity contribution in [2.45, 2.75) is 17.2 Å². The molecule has 0 aliphatic carbocycles. The molecule has 2 heterocycles. The largest absolute Gasteiger partial charge is 0.417 e. The number of ether oxygens (including phenoxy) is 1. The van der Waals surface area contributed by atoms with Crippen LogP contribution in [0.3, 0.4) is 0 Å². The van der Waals surface area contributed by atoms with E-state index in [1.54, 1.807) is 0 Å². The van der Waals surface area contributed by atoms with Crippen LogP contribution in [0.25, 0.3) is 0 Å². The molecule has 1 aliphatic rings. The summed E-state index contributed by atoms with van der Waals surface area (Å²) in [5.41, 5.74) is -1.91. The van der Waals surface area contributed by atoms with E-state index < -0.39 is 44.2 Å². The second-order valence-electron chi connectivity index (χ2n) is 5.49. The molecule has 3 rings (SSSR count). The fraction of sp³-hybridized carbons (Fsp3) is 0.385. The van der Waals surface area contributed by atoms with Crippen LogP contribution in [-0.2, 0) is 27.8 Å². The minimum Gasteiger partial charge on any atom is -0.376 e. The Hall–Kier alpha value is -2.54. The number of alkyl halides is 3. The Labute approximate surface area is 145 Å². The maximum absolute atomic E-state index is 13.3. The highest BCUT2D eigenvalue weighted by molar-refractivity contribution is 7.91. The summed E-state index contributed by atoms with van der Waals surface area (Å²) in [5, 5.41) is 12.7. The van der Waals surface area contributed by atoms with Gasteiger partial charge in [0, 0.05) is 25.3 Å². The van der Waals surface area contributed by atoms with Gasteiger partial charge in [-0.1, -0.05) is 5.10 Å². The Morgan fingerprint density at radius 1 is 1.38 bits per heavy atom. The summed E-state index contributed by atoms with van der Waals surface area (Å²) >= 11 is 0. The molecule has 1 aliphatic heterocycles. The second kappa shape index (κ2) is 6.02. The fourth-order valence-electron chi connectivity index (χ4n) is 2.73. The number of tetrazole rings is 1. The first-order valence-corrected chi connectivity index (χ1v) is 8.75. The quantitative estimate of drug-likeness (QED) is 0.828. The average molecular weight is 391 g/mol. The first-order valence-electron chi connectivity index (χ1n) is 7.09. The van der Waals surface area contributed by atoms with Gasteiger partial charge in [0.2, 0.25) is 5.95 Å². The van der Waals surface area contributed by atoms with Crippen LogP contribution in [-0.4, -0.2) is 47.4 Å². The van der Waals surface area contributed by atoms with E-state index in [1.807, 2.05) is 0 Å². The van der Waals surface area contributed by atoms with Gasteiger partial charge in [-0.25, -0.2) is 13.1 Å². The normalized spacial score (nSPS) is 18.6. The van der Waals surface area contributed by atoms with Gasteiger partial charge in [-0.2, -0.15) is 13.2 Å². The number of aromatic nitrogens is 4. The van der Waals surface area contributed by atoms with Gasteiger partial charge in [0.15, 0.2) is 9.84 Å². The third-order valence-electron chi connectivity index (χ3n) is 3.88. The lowest BCUT2D eigenvalue weighted by molar-refractivity contribution is -0.140. The summed E-state index contributed by atoms with van der Waals surface area (Å²) in [5.74, 6) is -1.59. The number of aryl methyl sites for hydroxylation is 1. The molecule has 0 fully saturated rings. The molecule has 0 spiro atoms. The van der Waals surface area contributed by atoms with Crippen molar-refractivity contribution in [3.8, 4) is 0 Å². The number of methoxy groups -OCH3 is 1. The molecule has 0 saturated carbocycles. The van der Waals surface area contributed by atoms with E-state index in [1.165, 1.54) is 7.05 Å². The Morgan fingerprint density at radius 2 is 2.08 bits per heavy atom. The molecule has 140 valence electrons. The van der Waals surface area contributed by atoms with Crippen LogP contribution < -0.4 is 5.32 Å². The molecule has 0 radical (unpaired) electrons. The highest BCUT2D eigenvalue weighted by Crippen LogP contribution is 2.45. The highest BCUT2D eigenvalue weighted by Gasteiger charge is 2.46. The molecule has 0 saturated heterocycles. The number of anilines is 1. The summed E-state index contributed by atoms with van der Waals surface area (Å²) in [6.45, 7) is 0. The number of nitrogens with zero attached hydrogens (tertiary/aromatic N) is 4. The molecule has 1 aromatic heterocycles. The minimum atomic E-state index is -4.90. The number of benzene rings is 1. The standard InChI is InChI=1S/C13H12F3N5O4S/c1-21-12(18-19-20-21)17-11(22)6-3-4-7(13(14,15)16)10-9(6)8(25-2)5-26(10,23)24/h3-4,8H,5H2,1-2H3,(H,17,18,20,22). The molecular formula is C13H12F3N5O4S. The molecule has 1 N–H and O–H groups in total. The molecule has 1 unspecified atom stereocenters. The van der Waals surface area contributed by atoms with Crippen molar-refractivity contribution < 1.29 is 31.1 Å². The van der Waals surface area contributed by atoms with Crippen molar-refractivity contribution >= 4 is 21.7 Å². The van der Waals surface area contributed by atoms with Crippen molar-refractivity contribution in [2.75, 3.05) is 18.2 Å². The van der Waals surface area contributed by atoms with E-state index in [-0.39, 0.29) is 17.1 Å². The first-order chi connectivity index (χ1) is 12.1. The zero-order chi connectivity index (χ0) is 19.3. The third kappa shape index (κ3) is 2.92. The van der Waals surface area contributed by atoms with Crippen LogP contribution in [0.15, 0.2) is 17.0 Å². The Kier molecular flexibility index (Phi) is 4.23. The van der Waals surface area contributed by atoms with Crippen molar-refractivity contribution in [1.29, 1.82) is 0 Å². The molecule has 26 heavy (non-hydrogen) atoms. The molecule has 1 atom stereocenters. The summed E-state index contributed by atoms with van der Waals surface area (Å²) in [6.07, 6.45) is -6.10. The van der Waals surface area contributed by atoms with E-state index in [2.05, 4.69) is 20.8 Å². The Bertz CT molecular complexity index is 986. The van der Waals surface area contributed by atoms with Gasteiger partial charge >= 0.3 is 6.18 Å². The number of halogens is 3. The van der Waals surface area contributed by atoms with Crippen LogP contribution in [0, 0.1) is 0 Å². The lowest BCUT2D eigenvalue weighted by Crippen LogP contribution is -2.20. The van der Waals surface area contributed by atoms with Crippen LogP contribution in [0.1, 0.15) is 27.6 Å². The molecular weight excluding hydrogens is 379 g/mol. The fourth-order valence-corrected chi connectivity index (χ4v) is 4.69. The zero-order valence-corrected chi connectivity index (χ0v) is 14.2. The summed E-state index contributed by atoms with van der Waals surface area (Å²) in [6, 6.07) is 1.48. The lowest BCUT2D eigenvalue weighted by atomic mass is 9.99. The Morgan fingerprint density at radius 3 is 2.62 bits per heavy atom. The first kappa shape index (κ1) is 18.3. The number of nitrogens with one attached hydrogen (secondary N) is 1. The average Bonchev–Trinajstić information content (AvgIpc) is 3.07. The van der Waals surface area contributed by atoms with Crippen LogP contribution in [0.2, 0.25) is 0 Å². The van der Waals surface area contributed by atoms with Gasteiger partial charge in [-0.05, 0) is 22.6 Å². The number of rotatable bonds is 3. The number of sulfone groups is 1. The lowest BCUT2D eigenvalue weighted by Gasteiger charge is -2.16. The zero-order valence-electron chi connectivity index (χ0n) is 13.4. The number of carbonyl (C=O) groups is 1. The van der Waals surface area contributed by atoms with Crippen LogP contribution in [0.5, 0.6) is 0 Å². The van der Waals surface area contributed by atoms with Gasteiger partial charge in [0.1, 0.15) is 0 Å². The maximum Gasteiger partial charge on any atom is 0.417 e. The highest BCUT2D eigenvalue weighted by atomic mass is 32.2. The topological polar surface area (TPSA) is 116 Å². The SMILES string of the molecule is COC1CS(=O)(=O)c2c(C(F)(F)F)ccc(C(=O)Nc3nnnn3C)c21. The number of fused-ring (bicyclic) bond motifs is 1. The monoisotopic (exact) mass is 391 g/mol. The van der Waals surface area contributed by atoms with Crippen molar-refractivity contribution in [3.05, 3.63) is 28.8 Å².